The molecule has 0 aliphatic carbocycles. The normalized spacial score (nSPS) is 17.5. The van der Waals surface area contributed by atoms with Crippen LogP contribution in [0.2, 0.25) is 0 Å². The Morgan fingerprint density at radius 2 is 1.83 bits per heavy atom. The first-order chi connectivity index (χ1) is 10.9. The van der Waals surface area contributed by atoms with Gasteiger partial charge in [0.1, 0.15) is 0 Å². The summed E-state index contributed by atoms with van der Waals surface area (Å²) in [5.74, 6) is -0.885. The molecule has 1 saturated heterocycles. The number of hydrogen-bond donors (Lipinski definition) is 2. The van der Waals surface area contributed by atoms with Crippen LogP contribution in [0.4, 0.5) is 0 Å². The second-order valence-corrected chi connectivity index (χ2v) is 6.76. The molecule has 0 saturated carbocycles. The fraction of sp³-hybridized carbons (Fsp3) is 0.556. The van der Waals surface area contributed by atoms with Crippen LogP contribution in [0, 0.1) is 5.41 Å². The second-order valence-electron chi connectivity index (χ2n) is 6.76. The van der Waals surface area contributed by atoms with Gasteiger partial charge in [-0.15, -0.1) is 0 Å². The highest BCUT2D eigenvalue weighted by molar-refractivity contribution is 5.88. The number of benzene rings is 1. The van der Waals surface area contributed by atoms with Gasteiger partial charge in [0.25, 0.3) is 0 Å². The van der Waals surface area contributed by atoms with Crippen molar-refractivity contribution in [1.29, 1.82) is 0 Å². The third-order valence-corrected chi connectivity index (χ3v) is 4.72. The summed E-state index contributed by atoms with van der Waals surface area (Å²) in [6, 6.07) is 9.77. The minimum Gasteiger partial charge on any atom is -0.481 e. The number of aliphatic carboxylic acids is 1. The van der Waals surface area contributed by atoms with E-state index in [1.165, 1.54) is 0 Å². The van der Waals surface area contributed by atoms with Gasteiger partial charge in [0.05, 0.1) is 10.8 Å². The quantitative estimate of drug-likeness (QED) is 0.844. The molecule has 0 atom stereocenters. The van der Waals surface area contributed by atoms with Crippen molar-refractivity contribution in [1.82, 2.24) is 5.32 Å². The van der Waals surface area contributed by atoms with E-state index in [4.69, 9.17) is 9.84 Å². The number of hydrogen-bond acceptors (Lipinski definition) is 3. The van der Waals surface area contributed by atoms with Gasteiger partial charge in [0.2, 0.25) is 5.91 Å². The summed E-state index contributed by atoms with van der Waals surface area (Å²) >= 11 is 0. The van der Waals surface area contributed by atoms with Crippen LogP contribution in [0.5, 0.6) is 0 Å². The number of carboxylic acid groups (broad SMARTS) is 1. The molecular formula is C18H25NO4. The first kappa shape index (κ1) is 17.5. The van der Waals surface area contributed by atoms with E-state index in [0.717, 1.165) is 5.56 Å². The molecule has 1 fully saturated rings. The van der Waals surface area contributed by atoms with Crippen LogP contribution in [-0.2, 0) is 19.7 Å². The van der Waals surface area contributed by atoms with Gasteiger partial charge >= 0.3 is 5.97 Å². The van der Waals surface area contributed by atoms with Crippen molar-refractivity contribution in [2.45, 2.75) is 38.5 Å². The van der Waals surface area contributed by atoms with E-state index in [9.17, 15) is 9.59 Å². The van der Waals surface area contributed by atoms with Crippen molar-refractivity contribution in [2.75, 3.05) is 19.8 Å². The highest BCUT2D eigenvalue weighted by Crippen LogP contribution is 2.35. The first-order valence-corrected chi connectivity index (χ1v) is 8.03. The van der Waals surface area contributed by atoms with Crippen molar-refractivity contribution in [3.8, 4) is 0 Å². The van der Waals surface area contributed by atoms with Crippen LogP contribution in [0.1, 0.15) is 38.7 Å². The lowest BCUT2D eigenvalue weighted by molar-refractivity contribution is -0.147. The Labute approximate surface area is 137 Å². The monoisotopic (exact) mass is 319 g/mol. The number of amides is 1. The van der Waals surface area contributed by atoms with E-state index in [2.05, 4.69) is 5.32 Å². The molecule has 5 heteroatoms. The van der Waals surface area contributed by atoms with Gasteiger partial charge in [-0.05, 0) is 38.7 Å². The van der Waals surface area contributed by atoms with Crippen molar-refractivity contribution >= 4 is 11.9 Å². The van der Waals surface area contributed by atoms with Crippen LogP contribution in [-0.4, -0.2) is 36.7 Å². The molecule has 1 aliphatic heterocycles. The number of nitrogens with one attached hydrogen (secondary N) is 1. The summed E-state index contributed by atoms with van der Waals surface area (Å²) in [5.41, 5.74) is -0.422. The fourth-order valence-electron chi connectivity index (χ4n) is 2.89. The Bertz CT molecular complexity index is 547. The second kappa shape index (κ2) is 7.13. The summed E-state index contributed by atoms with van der Waals surface area (Å²) in [4.78, 5) is 24.0. The molecule has 23 heavy (non-hydrogen) atoms. The predicted octanol–water partition coefficient (Wildman–Crippen LogP) is 2.35. The molecule has 5 nitrogen and oxygen atoms in total. The SMILES string of the molecule is CC(C)(CCNC(=O)C1(c2ccccc2)CCOCC1)C(=O)O. The highest BCUT2D eigenvalue weighted by atomic mass is 16.5. The van der Waals surface area contributed by atoms with Gasteiger partial charge < -0.3 is 15.2 Å². The Balaban J connectivity index is 2.08. The minimum atomic E-state index is -0.851. The molecular weight excluding hydrogens is 294 g/mol. The number of ether oxygens (including phenoxy) is 1. The third-order valence-electron chi connectivity index (χ3n) is 4.72. The molecule has 1 aromatic carbocycles. The smallest absolute Gasteiger partial charge is 0.309 e. The maximum atomic E-state index is 12.9. The molecule has 0 spiro atoms. The average molecular weight is 319 g/mol. The molecule has 1 aromatic rings. The number of rotatable bonds is 6. The average Bonchev–Trinajstić information content (AvgIpc) is 2.56. The molecule has 2 N–H and O–H groups in total. The molecule has 0 bridgehead atoms. The maximum absolute atomic E-state index is 12.9. The predicted molar refractivity (Wildman–Crippen MR) is 87.2 cm³/mol. The van der Waals surface area contributed by atoms with Crippen LogP contribution in [0.25, 0.3) is 0 Å². The van der Waals surface area contributed by atoms with Gasteiger partial charge in [-0.25, -0.2) is 0 Å². The van der Waals surface area contributed by atoms with E-state index in [1.807, 2.05) is 30.3 Å². The van der Waals surface area contributed by atoms with Crippen LogP contribution < -0.4 is 5.32 Å². The standard InChI is InChI=1S/C18H25NO4/c1-17(2,16(21)22)8-11-19-15(20)18(9-12-23-13-10-18)14-6-4-3-5-7-14/h3-7H,8-13H2,1-2H3,(H,19,20)(H,21,22). The Kier molecular flexibility index (Phi) is 5.42. The summed E-state index contributed by atoms with van der Waals surface area (Å²) in [6.45, 7) is 4.81. The summed E-state index contributed by atoms with van der Waals surface area (Å²) < 4.78 is 5.43. The fourth-order valence-corrected chi connectivity index (χ4v) is 2.89. The summed E-state index contributed by atoms with van der Waals surface area (Å²) in [7, 11) is 0. The van der Waals surface area contributed by atoms with Crippen molar-refractivity contribution < 1.29 is 19.4 Å². The molecule has 1 heterocycles. The zero-order chi connectivity index (χ0) is 16.9. The van der Waals surface area contributed by atoms with Gasteiger partial charge in [-0.2, -0.15) is 0 Å². The lowest BCUT2D eigenvalue weighted by Crippen LogP contribution is -2.48. The van der Waals surface area contributed by atoms with E-state index in [-0.39, 0.29) is 5.91 Å². The molecule has 1 amide bonds. The Hall–Kier alpha value is -1.88. The lowest BCUT2D eigenvalue weighted by atomic mass is 9.73. The van der Waals surface area contributed by atoms with Gasteiger partial charge in [0.15, 0.2) is 0 Å². The topological polar surface area (TPSA) is 75.6 Å². The molecule has 2 rings (SSSR count). The largest absolute Gasteiger partial charge is 0.481 e. The van der Waals surface area contributed by atoms with E-state index in [0.29, 0.717) is 39.0 Å². The van der Waals surface area contributed by atoms with E-state index in [1.54, 1.807) is 13.8 Å². The molecule has 0 aromatic heterocycles. The lowest BCUT2D eigenvalue weighted by Gasteiger charge is -2.36. The number of carbonyl (C=O) groups excluding carboxylic acids is 1. The van der Waals surface area contributed by atoms with Crippen LogP contribution in [0.15, 0.2) is 30.3 Å². The van der Waals surface area contributed by atoms with Crippen molar-refractivity contribution in [3.63, 3.8) is 0 Å². The van der Waals surface area contributed by atoms with Gasteiger partial charge in [-0.1, -0.05) is 30.3 Å². The van der Waals surface area contributed by atoms with Crippen molar-refractivity contribution in [3.05, 3.63) is 35.9 Å². The Morgan fingerprint density at radius 3 is 2.39 bits per heavy atom. The van der Waals surface area contributed by atoms with Crippen molar-refractivity contribution in [2.24, 2.45) is 5.41 Å². The van der Waals surface area contributed by atoms with Crippen LogP contribution >= 0.6 is 0 Å². The maximum Gasteiger partial charge on any atom is 0.309 e. The molecule has 0 unspecified atom stereocenters. The van der Waals surface area contributed by atoms with Gasteiger partial charge in [0, 0.05) is 19.8 Å². The van der Waals surface area contributed by atoms with Gasteiger partial charge in [-0.3, -0.25) is 9.59 Å². The molecule has 0 radical (unpaired) electrons. The minimum absolute atomic E-state index is 0.0341. The highest BCUT2D eigenvalue weighted by Gasteiger charge is 2.41. The zero-order valence-electron chi connectivity index (χ0n) is 13.8. The summed E-state index contributed by atoms with van der Waals surface area (Å²) in [5, 5.41) is 12.1. The molecule has 126 valence electrons. The summed E-state index contributed by atoms with van der Waals surface area (Å²) in [6.07, 6.45) is 1.69. The number of carboxylic acids is 1. The Morgan fingerprint density at radius 1 is 1.22 bits per heavy atom. The first-order valence-electron chi connectivity index (χ1n) is 8.03. The van der Waals surface area contributed by atoms with Crippen LogP contribution in [0.3, 0.4) is 0 Å². The number of carbonyl (C=O) groups is 2. The zero-order valence-corrected chi connectivity index (χ0v) is 13.8. The third kappa shape index (κ3) is 3.91. The van der Waals surface area contributed by atoms with E-state index < -0.39 is 16.8 Å². The molecule has 1 aliphatic rings. The van der Waals surface area contributed by atoms with E-state index >= 15 is 0 Å².